The van der Waals surface area contributed by atoms with Gasteiger partial charge in [0, 0.05) is 13.1 Å². The zero-order valence-electron chi connectivity index (χ0n) is 11.9. The summed E-state index contributed by atoms with van der Waals surface area (Å²) in [5.41, 5.74) is 0. The van der Waals surface area contributed by atoms with Crippen LogP contribution in [0.25, 0.3) is 0 Å². The van der Waals surface area contributed by atoms with Crippen molar-refractivity contribution >= 4 is 5.82 Å². The maximum atomic E-state index is 5.16. The Balaban J connectivity index is 2.04. The first-order valence-corrected chi connectivity index (χ1v) is 7.15. The van der Waals surface area contributed by atoms with Crippen LogP contribution in [-0.2, 0) is 0 Å². The molecule has 0 aliphatic carbocycles. The molecule has 1 fully saturated rings. The smallest absolute Gasteiger partial charge is 0.233 e. The number of aromatic nitrogens is 2. The van der Waals surface area contributed by atoms with Crippen LogP contribution in [0.3, 0.4) is 0 Å². The van der Waals surface area contributed by atoms with E-state index in [-0.39, 0.29) is 0 Å². The molecule has 1 saturated heterocycles. The molecule has 1 unspecified atom stereocenters. The van der Waals surface area contributed by atoms with E-state index in [1.807, 2.05) is 6.20 Å². The van der Waals surface area contributed by atoms with Crippen LogP contribution in [0, 0.1) is 5.92 Å². The highest BCUT2D eigenvalue weighted by atomic mass is 16.5. The van der Waals surface area contributed by atoms with Crippen molar-refractivity contribution < 1.29 is 4.74 Å². The summed E-state index contributed by atoms with van der Waals surface area (Å²) in [6, 6.07) is 0. The first kappa shape index (κ1) is 14.1. The second kappa shape index (κ2) is 7.28. The molecule has 2 heterocycles. The van der Waals surface area contributed by atoms with E-state index >= 15 is 0 Å². The first-order valence-electron chi connectivity index (χ1n) is 7.15. The highest BCUT2D eigenvalue weighted by molar-refractivity contribution is 5.37. The molecule has 0 amide bonds. The molecule has 0 saturated carbocycles. The van der Waals surface area contributed by atoms with Crippen molar-refractivity contribution in [3.63, 3.8) is 0 Å². The number of rotatable bonds is 6. The molecule has 1 aromatic rings. The van der Waals surface area contributed by atoms with E-state index in [4.69, 9.17) is 4.74 Å². The summed E-state index contributed by atoms with van der Waals surface area (Å²) in [6.07, 6.45) is 7.16. The van der Waals surface area contributed by atoms with Crippen molar-refractivity contribution in [2.45, 2.75) is 26.2 Å². The summed E-state index contributed by atoms with van der Waals surface area (Å²) in [7, 11) is 1.63. The number of hydrogen-bond acceptors (Lipinski definition) is 5. The van der Waals surface area contributed by atoms with E-state index in [1.54, 1.807) is 13.3 Å². The van der Waals surface area contributed by atoms with Crippen LogP contribution < -0.4 is 15.0 Å². The average molecular weight is 264 g/mol. The van der Waals surface area contributed by atoms with Gasteiger partial charge in [-0.2, -0.15) is 4.98 Å². The first-order chi connectivity index (χ1) is 9.33. The topological polar surface area (TPSA) is 50.3 Å². The Labute approximate surface area is 115 Å². The van der Waals surface area contributed by atoms with Crippen molar-refractivity contribution in [2.75, 3.05) is 38.2 Å². The summed E-state index contributed by atoms with van der Waals surface area (Å²) in [6.45, 7) is 6.52. The number of nitrogens with zero attached hydrogens (tertiary/aromatic N) is 3. The molecule has 19 heavy (non-hydrogen) atoms. The lowest BCUT2D eigenvalue weighted by Gasteiger charge is -2.30. The number of ether oxygens (including phenoxy) is 1. The number of hydrogen-bond donors (Lipinski definition) is 1. The molecule has 5 heteroatoms. The van der Waals surface area contributed by atoms with Gasteiger partial charge in [-0.3, -0.25) is 4.98 Å². The summed E-state index contributed by atoms with van der Waals surface area (Å²) >= 11 is 0. The third-order valence-corrected chi connectivity index (χ3v) is 3.50. The Morgan fingerprint density at radius 1 is 1.47 bits per heavy atom. The van der Waals surface area contributed by atoms with Crippen molar-refractivity contribution in [3.8, 4) is 5.88 Å². The summed E-state index contributed by atoms with van der Waals surface area (Å²) in [5, 5.41) is 3.47. The SMILES string of the molecule is CCCN(CC1CCCNC1)c1cncc(OC)n1. The molecule has 2 rings (SSSR count). The van der Waals surface area contributed by atoms with Crippen molar-refractivity contribution in [3.05, 3.63) is 12.4 Å². The lowest BCUT2D eigenvalue weighted by Crippen LogP contribution is -2.39. The van der Waals surface area contributed by atoms with Crippen LogP contribution in [0.2, 0.25) is 0 Å². The van der Waals surface area contributed by atoms with Crippen LogP contribution in [0.4, 0.5) is 5.82 Å². The second-order valence-electron chi connectivity index (χ2n) is 5.08. The number of methoxy groups -OCH3 is 1. The van der Waals surface area contributed by atoms with E-state index in [0.29, 0.717) is 11.8 Å². The zero-order valence-corrected chi connectivity index (χ0v) is 11.9. The maximum absolute atomic E-state index is 5.16. The van der Waals surface area contributed by atoms with Crippen LogP contribution in [0.1, 0.15) is 26.2 Å². The van der Waals surface area contributed by atoms with Gasteiger partial charge in [-0.1, -0.05) is 6.92 Å². The van der Waals surface area contributed by atoms with Crippen molar-refractivity contribution in [2.24, 2.45) is 5.92 Å². The molecular formula is C14H24N4O. The van der Waals surface area contributed by atoms with Crippen LogP contribution in [-0.4, -0.2) is 43.3 Å². The molecule has 1 aromatic heterocycles. The highest BCUT2D eigenvalue weighted by Crippen LogP contribution is 2.18. The Hall–Kier alpha value is -1.36. The zero-order chi connectivity index (χ0) is 13.5. The fraction of sp³-hybridized carbons (Fsp3) is 0.714. The van der Waals surface area contributed by atoms with Gasteiger partial charge in [0.05, 0.1) is 19.5 Å². The molecular weight excluding hydrogens is 240 g/mol. The lowest BCUT2D eigenvalue weighted by molar-refractivity contribution is 0.373. The van der Waals surface area contributed by atoms with Crippen LogP contribution in [0.15, 0.2) is 12.4 Å². The van der Waals surface area contributed by atoms with Crippen LogP contribution >= 0.6 is 0 Å². The third-order valence-electron chi connectivity index (χ3n) is 3.50. The lowest BCUT2D eigenvalue weighted by atomic mass is 9.99. The minimum absolute atomic E-state index is 0.584. The number of piperidine rings is 1. The molecule has 106 valence electrons. The molecule has 0 aromatic carbocycles. The second-order valence-corrected chi connectivity index (χ2v) is 5.08. The van der Waals surface area contributed by atoms with E-state index in [9.17, 15) is 0 Å². The Kier molecular flexibility index (Phi) is 5.39. The normalized spacial score (nSPS) is 19.2. The number of nitrogens with one attached hydrogen (secondary N) is 1. The third kappa shape index (κ3) is 4.06. The predicted molar refractivity (Wildman–Crippen MR) is 76.7 cm³/mol. The van der Waals surface area contributed by atoms with Gasteiger partial charge in [0.1, 0.15) is 0 Å². The van der Waals surface area contributed by atoms with Gasteiger partial charge in [0.2, 0.25) is 5.88 Å². The Bertz CT molecular complexity index is 379. The van der Waals surface area contributed by atoms with Gasteiger partial charge in [-0.15, -0.1) is 0 Å². The number of anilines is 1. The van der Waals surface area contributed by atoms with Crippen molar-refractivity contribution in [1.82, 2.24) is 15.3 Å². The molecule has 1 atom stereocenters. The maximum Gasteiger partial charge on any atom is 0.233 e. The minimum Gasteiger partial charge on any atom is -0.480 e. The van der Waals surface area contributed by atoms with E-state index in [1.165, 1.54) is 12.8 Å². The Morgan fingerprint density at radius 2 is 2.37 bits per heavy atom. The van der Waals surface area contributed by atoms with Gasteiger partial charge in [-0.25, -0.2) is 0 Å². The quantitative estimate of drug-likeness (QED) is 0.847. The van der Waals surface area contributed by atoms with Gasteiger partial charge in [0.15, 0.2) is 5.82 Å². The van der Waals surface area contributed by atoms with E-state index in [2.05, 4.69) is 27.1 Å². The fourth-order valence-electron chi connectivity index (χ4n) is 2.55. The van der Waals surface area contributed by atoms with Crippen LogP contribution in [0.5, 0.6) is 5.88 Å². The highest BCUT2D eigenvalue weighted by Gasteiger charge is 2.18. The van der Waals surface area contributed by atoms with Gasteiger partial charge >= 0.3 is 0 Å². The van der Waals surface area contributed by atoms with Crippen molar-refractivity contribution in [1.29, 1.82) is 0 Å². The molecule has 1 aliphatic heterocycles. The summed E-state index contributed by atoms with van der Waals surface area (Å²) in [4.78, 5) is 11.0. The molecule has 1 aliphatic rings. The minimum atomic E-state index is 0.584. The average Bonchev–Trinajstić information content (AvgIpc) is 2.48. The monoisotopic (exact) mass is 264 g/mol. The molecule has 5 nitrogen and oxygen atoms in total. The van der Waals surface area contributed by atoms with Gasteiger partial charge in [-0.05, 0) is 38.3 Å². The molecule has 0 spiro atoms. The molecule has 1 N–H and O–H groups in total. The Morgan fingerprint density at radius 3 is 3.05 bits per heavy atom. The van der Waals surface area contributed by atoms with Gasteiger partial charge in [0.25, 0.3) is 0 Å². The summed E-state index contributed by atoms with van der Waals surface area (Å²) < 4.78 is 5.16. The van der Waals surface area contributed by atoms with Gasteiger partial charge < -0.3 is 15.0 Å². The van der Waals surface area contributed by atoms with E-state index < -0.39 is 0 Å². The summed E-state index contributed by atoms with van der Waals surface area (Å²) in [5.74, 6) is 2.21. The van der Waals surface area contributed by atoms with E-state index in [0.717, 1.165) is 38.4 Å². The largest absolute Gasteiger partial charge is 0.480 e. The standard InChI is InChI=1S/C14H24N4O/c1-3-7-18(11-12-5-4-6-15-8-12)13-9-16-10-14(17-13)19-2/h9-10,12,15H,3-8,11H2,1-2H3. The fourth-order valence-corrected chi connectivity index (χ4v) is 2.55. The predicted octanol–water partition coefficient (Wildman–Crippen LogP) is 1.70. The molecule has 0 bridgehead atoms. The molecule has 0 radical (unpaired) electrons.